The first-order chi connectivity index (χ1) is 7.68. The van der Waals surface area contributed by atoms with Gasteiger partial charge in [0.1, 0.15) is 5.82 Å². The van der Waals surface area contributed by atoms with Crippen LogP contribution in [0.4, 0.5) is 10.1 Å². The largest absolute Gasteiger partial charge is 0.375 e. The van der Waals surface area contributed by atoms with E-state index in [9.17, 15) is 4.39 Å². The fraction of sp³-hybridized carbons (Fsp3) is 0.500. The molecule has 2 rings (SSSR count). The Kier molecular flexibility index (Phi) is 3.41. The molecule has 0 amide bonds. The number of ether oxygens (including phenoxy) is 1. The van der Waals surface area contributed by atoms with Crippen LogP contribution in [0.2, 0.25) is 0 Å². The van der Waals surface area contributed by atoms with E-state index < -0.39 is 0 Å². The lowest BCUT2D eigenvalue weighted by Crippen LogP contribution is -2.33. The lowest BCUT2D eigenvalue weighted by Gasteiger charge is -2.25. The van der Waals surface area contributed by atoms with Crippen LogP contribution in [0.5, 0.6) is 0 Å². The molecule has 1 saturated heterocycles. The molecule has 0 radical (unpaired) electrons. The molecule has 0 aliphatic carbocycles. The van der Waals surface area contributed by atoms with E-state index in [0.29, 0.717) is 12.3 Å². The van der Waals surface area contributed by atoms with Gasteiger partial charge in [-0.15, -0.1) is 0 Å². The third kappa shape index (κ3) is 2.33. The zero-order valence-corrected chi connectivity index (χ0v) is 9.66. The molecular formula is C12H17FN2O. The van der Waals surface area contributed by atoms with Gasteiger partial charge >= 0.3 is 0 Å². The molecule has 88 valence electrons. The smallest absolute Gasteiger partial charge is 0.146 e. The Morgan fingerprint density at radius 2 is 2.25 bits per heavy atom. The summed E-state index contributed by atoms with van der Waals surface area (Å²) in [6, 6.07) is 5.15. The number of rotatable bonds is 2. The molecule has 1 aliphatic rings. The van der Waals surface area contributed by atoms with E-state index in [1.54, 1.807) is 11.0 Å². The van der Waals surface area contributed by atoms with Crippen LogP contribution in [-0.2, 0) is 4.74 Å². The van der Waals surface area contributed by atoms with Crippen molar-refractivity contribution in [3.8, 4) is 0 Å². The minimum absolute atomic E-state index is 0.0352. The number of anilines is 1. The van der Waals surface area contributed by atoms with Gasteiger partial charge in [0.25, 0.3) is 0 Å². The van der Waals surface area contributed by atoms with Crippen molar-refractivity contribution in [2.45, 2.75) is 6.10 Å². The molecular weight excluding hydrogens is 207 g/mol. The summed E-state index contributed by atoms with van der Waals surface area (Å²) in [7, 11) is 3.67. The fourth-order valence-corrected chi connectivity index (χ4v) is 1.85. The molecule has 1 aromatic rings. The summed E-state index contributed by atoms with van der Waals surface area (Å²) in [5.41, 5.74) is 1.63. The van der Waals surface area contributed by atoms with E-state index in [4.69, 9.17) is 4.74 Å². The molecule has 4 heteroatoms. The third-order valence-electron chi connectivity index (χ3n) is 2.75. The standard InChI is InChI=1S/C12H17FN2O/c1-15(2)11-7-9(3-4-10(11)13)12-8-14-5-6-16-12/h3-4,7,12,14H,5-6,8H2,1-2H3. The van der Waals surface area contributed by atoms with E-state index in [1.165, 1.54) is 6.07 Å². The van der Waals surface area contributed by atoms with Crippen LogP contribution in [0, 0.1) is 5.82 Å². The summed E-state index contributed by atoms with van der Waals surface area (Å²) < 4.78 is 19.1. The van der Waals surface area contributed by atoms with Crippen molar-refractivity contribution >= 4 is 5.69 Å². The van der Waals surface area contributed by atoms with Crippen molar-refractivity contribution in [1.29, 1.82) is 0 Å². The molecule has 0 saturated carbocycles. The van der Waals surface area contributed by atoms with Crippen molar-refractivity contribution in [1.82, 2.24) is 5.32 Å². The second-order valence-corrected chi connectivity index (χ2v) is 4.17. The Hall–Kier alpha value is -1.13. The Morgan fingerprint density at radius 3 is 2.88 bits per heavy atom. The van der Waals surface area contributed by atoms with E-state index in [0.717, 1.165) is 18.7 Å². The van der Waals surface area contributed by atoms with Crippen molar-refractivity contribution in [2.24, 2.45) is 0 Å². The summed E-state index contributed by atoms with van der Waals surface area (Å²) in [6.07, 6.45) is 0.0352. The maximum Gasteiger partial charge on any atom is 0.146 e. The predicted molar refractivity (Wildman–Crippen MR) is 62.3 cm³/mol. The van der Waals surface area contributed by atoms with E-state index >= 15 is 0 Å². The zero-order chi connectivity index (χ0) is 11.5. The number of halogens is 1. The Bertz CT molecular complexity index is 362. The molecule has 1 aromatic carbocycles. The lowest BCUT2D eigenvalue weighted by molar-refractivity contribution is 0.0277. The quantitative estimate of drug-likeness (QED) is 0.825. The molecule has 0 aromatic heterocycles. The minimum atomic E-state index is -0.197. The second-order valence-electron chi connectivity index (χ2n) is 4.17. The Morgan fingerprint density at radius 1 is 1.44 bits per heavy atom. The van der Waals surface area contributed by atoms with Gasteiger partial charge in [-0.05, 0) is 17.7 Å². The molecule has 3 nitrogen and oxygen atoms in total. The average Bonchev–Trinajstić information content (AvgIpc) is 2.30. The summed E-state index contributed by atoms with van der Waals surface area (Å²) in [5, 5.41) is 3.26. The molecule has 1 aliphatic heterocycles. The molecule has 1 heterocycles. The molecule has 1 N–H and O–H groups in total. The van der Waals surface area contributed by atoms with E-state index in [-0.39, 0.29) is 11.9 Å². The van der Waals surface area contributed by atoms with Gasteiger partial charge in [0.15, 0.2) is 0 Å². The van der Waals surface area contributed by atoms with Crippen molar-refractivity contribution in [3.63, 3.8) is 0 Å². The van der Waals surface area contributed by atoms with Crippen LogP contribution in [0.1, 0.15) is 11.7 Å². The minimum Gasteiger partial charge on any atom is -0.375 e. The highest BCUT2D eigenvalue weighted by molar-refractivity contribution is 5.49. The molecule has 0 spiro atoms. The first-order valence-corrected chi connectivity index (χ1v) is 5.47. The van der Waals surface area contributed by atoms with Crippen LogP contribution < -0.4 is 10.2 Å². The lowest BCUT2D eigenvalue weighted by atomic mass is 10.1. The highest BCUT2D eigenvalue weighted by Crippen LogP contribution is 2.25. The monoisotopic (exact) mass is 224 g/mol. The second kappa shape index (κ2) is 4.80. The van der Waals surface area contributed by atoms with Crippen molar-refractivity contribution in [2.75, 3.05) is 38.7 Å². The van der Waals surface area contributed by atoms with E-state index in [1.807, 2.05) is 20.2 Å². The van der Waals surface area contributed by atoms with Gasteiger partial charge in [-0.25, -0.2) is 4.39 Å². The molecule has 1 unspecified atom stereocenters. The summed E-state index contributed by atoms with van der Waals surface area (Å²) in [5.74, 6) is -0.197. The van der Waals surface area contributed by atoms with Crippen LogP contribution >= 0.6 is 0 Å². The predicted octanol–water partition coefficient (Wildman–Crippen LogP) is 1.55. The number of nitrogens with zero attached hydrogens (tertiary/aromatic N) is 1. The summed E-state index contributed by atoms with van der Waals surface area (Å²) in [4.78, 5) is 1.77. The van der Waals surface area contributed by atoms with Crippen LogP contribution in [-0.4, -0.2) is 33.8 Å². The van der Waals surface area contributed by atoms with Gasteiger partial charge in [-0.2, -0.15) is 0 Å². The molecule has 1 fully saturated rings. The van der Waals surface area contributed by atoms with Crippen molar-refractivity contribution in [3.05, 3.63) is 29.6 Å². The summed E-state index contributed by atoms with van der Waals surface area (Å²) in [6.45, 7) is 2.38. The topological polar surface area (TPSA) is 24.5 Å². The maximum atomic E-state index is 13.5. The molecule has 1 atom stereocenters. The third-order valence-corrected chi connectivity index (χ3v) is 2.75. The van der Waals surface area contributed by atoms with Crippen LogP contribution in [0.3, 0.4) is 0 Å². The van der Waals surface area contributed by atoms with Crippen LogP contribution in [0.25, 0.3) is 0 Å². The average molecular weight is 224 g/mol. The first kappa shape index (κ1) is 11.4. The van der Waals surface area contributed by atoms with Gasteiger partial charge in [-0.3, -0.25) is 0 Å². The Labute approximate surface area is 95.2 Å². The number of hydrogen-bond acceptors (Lipinski definition) is 3. The van der Waals surface area contributed by atoms with E-state index in [2.05, 4.69) is 5.32 Å². The summed E-state index contributed by atoms with van der Waals surface area (Å²) >= 11 is 0. The number of benzene rings is 1. The van der Waals surface area contributed by atoms with Gasteiger partial charge in [0.2, 0.25) is 0 Å². The van der Waals surface area contributed by atoms with Gasteiger partial charge in [-0.1, -0.05) is 6.07 Å². The number of morpholine rings is 1. The molecule has 0 bridgehead atoms. The number of nitrogens with one attached hydrogen (secondary N) is 1. The maximum absolute atomic E-state index is 13.5. The van der Waals surface area contributed by atoms with Crippen LogP contribution in [0.15, 0.2) is 18.2 Å². The van der Waals surface area contributed by atoms with Crippen molar-refractivity contribution < 1.29 is 9.13 Å². The highest BCUT2D eigenvalue weighted by atomic mass is 19.1. The normalized spacial score (nSPS) is 20.8. The fourth-order valence-electron chi connectivity index (χ4n) is 1.85. The first-order valence-electron chi connectivity index (χ1n) is 5.47. The molecule has 16 heavy (non-hydrogen) atoms. The Balaban J connectivity index is 2.24. The highest BCUT2D eigenvalue weighted by Gasteiger charge is 2.17. The zero-order valence-electron chi connectivity index (χ0n) is 9.66. The van der Waals surface area contributed by atoms with Gasteiger partial charge < -0.3 is 15.0 Å². The van der Waals surface area contributed by atoms with Gasteiger partial charge in [0, 0.05) is 27.2 Å². The SMILES string of the molecule is CN(C)c1cc(C2CNCCO2)ccc1F. The number of hydrogen-bond donors (Lipinski definition) is 1. The van der Waals surface area contributed by atoms with Gasteiger partial charge in [0.05, 0.1) is 18.4 Å².